The Morgan fingerprint density at radius 2 is 1.88 bits per heavy atom. The van der Waals surface area contributed by atoms with Crippen LogP contribution in [-0.4, -0.2) is 51.9 Å². The van der Waals surface area contributed by atoms with Crippen molar-refractivity contribution in [1.29, 1.82) is 0 Å². The van der Waals surface area contributed by atoms with Gasteiger partial charge in [0.25, 0.3) is 0 Å². The average Bonchev–Trinajstić information content (AvgIpc) is 3.19. The van der Waals surface area contributed by atoms with Gasteiger partial charge in [-0.3, -0.25) is 4.79 Å². The number of imidazole rings is 1. The highest BCUT2D eigenvalue weighted by Crippen LogP contribution is 2.39. The Bertz CT molecular complexity index is 790. The molecule has 3 aliphatic rings. The highest BCUT2D eigenvalue weighted by Gasteiger charge is 2.31. The summed E-state index contributed by atoms with van der Waals surface area (Å²) in [5.41, 5.74) is 1.83. The summed E-state index contributed by atoms with van der Waals surface area (Å²) in [6.07, 6.45) is 6.84. The van der Waals surface area contributed by atoms with Crippen LogP contribution in [0.3, 0.4) is 0 Å². The Kier molecular flexibility index (Phi) is 3.64. The third kappa shape index (κ3) is 2.87. The van der Waals surface area contributed by atoms with Crippen molar-refractivity contribution in [3.63, 3.8) is 0 Å². The van der Waals surface area contributed by atoms with Gasteiger partial charge in [-0.15, -0.1) is 0 Å². The van der Waals surface area contributed by atoms with Gasteiger partial charge in [-0.25, -0.2) is 9.97 Å². The van der Waals surface area contributed by atoms with Crippen molar-refractivity contribution in [1.82, 2.24) is 19.9 Å². The lowest BCUT2D eigenvalue weighted by atomic mass is 9.96. The summed E-state index contributed by atoms with van der Waals surface area (Å²) >= 11 is 0. The molecule has 4 heterocycles. The van der Waals surface area contributed by atoms with Crippen LogP contribution in [0.15, 0.2) is 12.1 Å². The van der Waals surface area contributed by atoms with E-state index in [4.69, 9.17) is 4.98 Å². The zero-order valence-electron chi connectivity index (χ0n) is 14.6. The molecule has 0 radical (unpaired) electrons. The number of carbonyl (C=O) groups is 1. The first-order valence-electron chi connectivity index (χ1n) is 9.68. The van der Waals surface area contributed by atoms with Gasteiger partial charge < -0.3 is 14.8 Å². The number of H-pyrrole nitrogens is 1. The second-order valence-electron chi connectivity index (χ2n) is 7.75. The molecular weight excluding hydrogens is 314 g/mol. The van der Waals surface area contributed by atoms with Crippen LogP contribution < -0.4 is 4.90 Å². The molecule has 1 unspecified atom stereocenters. The molecule has 1 saturated carbocycles. The molecule has 0 aromatic carbocycles. The number of hydrogen-bond acceptors (Lipinski definition) is 4. The molecule has 6 nitrogen and oxygen atoms in total. The van der Waals surface area contributed by atoms with Crippen molar-refractivity contribution in [3.8, 4) is 0 Å². The fourth-order valence-electron chi connectivity index (χ4n) is 4.21. The van der Waals surface area contributed by atoms with E-state index in [1.807, 2.05) is 0 Å². The topological polar surface area (TPSA) is 65.1 Å². The van der Waals surface area contributed by atoms with E-state index in [-0.39, 0.29) is 5.92 Å². The molecule has 1 N–H and O–H groups in total. The number of nitrogens with one attached hydrogen (secondary N) is 1. The van der Waals surface area contributed by atoms with Crippen molar-refractivity contribution < 1.29 is 4.79 Å². The van der Waals surface area contributed by atoms with Crippen molar-refractivity contribution in [2.75, 3.05) is 31.1 Å². The number of fused-ring (bicyclic) bond motifs is 1. The van der Waals surface area contributed by atoms with Gasteiger partial charge in [0.15, 0.2) is 5.65 Å². The molecule has 3 fully saturated rings. The van der Waals surface area contributed by atoms with E-state index >= 15 is 0 Å². The summed E-state index contributed by atoms with van der Waals surface area (Å²) in [6.45, 7) is 3.64. The van der Waals surface area contributed by atoms with E-state index in [0.717, 1.165) is 74.7 Å². The van der Waals surface area contributed by atoms with Crippen LogP contribution in [0.5, 0.6) is 0 Å². The number of rotatable bonds is 3. The SMILES string of the molecule is O=C(C1CCCN(c2ccc3[nH]c(C4CC4)nc3n2)C1)N1CCCC1. The van der Waals surface area contributed by atoms with Crippen molar-refractivity contribution >= 4 is 22.9 Å². The fraction of sp³-hybridized carbons (Fsp3) is 0.632. The number of hydrogen-bond donors (Lipinski definition) is 1. The average molecular weight is 339 g/mol. The standard InChI is InChI=1S/C19H25N5O/c25-19(23-9-1-2-10-23)14-4-3-11-24(12-14)16-8-7-15-18(21-16)22-17(20-15)13-5-6-13/h7-8,13-14H,1-6,9-12H2,(H,20,21,22). The van der Waals surface area contributed by atoms with E-state index in [1.165, 1.54) is 12.8 Å². The van der Waals surface area contributed by atoms with Gasteiger partial charge in [-0.1, -0.05) is 0 Å². The van der Waals surface area contributed by atoms with Gasteiger partial charge >= 0.3 is 0 Å². The molecule has 0 bridgehead atoms. The number of aromatic nitrogens is 3. The normalized spacial score (nSPS) is 24.2. The van der Waals surface area contributed by atoms with Gasteiger partial charge in [0, 0.05) is 32.1 Å². The summed E-state index contributed by atoms with van der Waals surface area (Å²) in [4.78, 5) is 29.9. The number of carbonyl (C=O) groups excluding carboxylic acids is 1. The lowest BCUT2D eigenvalue weighted by molar-refractivity contribution is -0.134. The summed E-state index contributed by atoms with van der Waals surface area (Å²) in [6, 6.07) is 4.16. The smallest absolute Gasteiger partial charge is 0.227 e. The fourth-order valence-corrected chi connectivity index (χ4v) is 4.21. The number of anilines is 1. The molecule has 0 spiro atoms. The molecule has 2 aromatic rings. The molecule has 1 amide bonds. The number of nitrogens with zero attached hydrogens (tertiary/aromatic N) is 4. The van der Waals surface area contributed by atoms with Gasteiger partial charge in [0.1, 0.15) is 11.6 Å². The zero-order chi connectivity index (χ0) is 16.8. The van der Waals surface area contributed by atoms with Crippen LogP contribution in [0.25, 0.3) is 11.2 Å². The minimum Gasteiger partial charge on any atom is -0.356 e. The quantitative estimate of drug-likeness (QED) is 0.934. The van der Waals surface area contributed by atoms with Crippen molar-refractivity contribution in [3.05, 3.63) is 18.0 Å². The van der Waals surface area contributed by atoms with Crippen LogP contribution in [0, 0.1) is 5.92 Å². The lowest BCUT2D eigenvalue weighted by Crippen LogP contribution is -2.44. The molecular formula is C19H25N5O. The third-order valence-corrected chi connectivity index (χ3v) is 5.83. The minimum absolute atomic E-state index is 0.116. The minimum atomic E-state index is 0.116. The second-order valence-corrected chi connectivity index (χ2v) is 7.75. The molecule has 2 aliphatic heterocycles. The first-order valence-corrected chi connectivity index (χ1v) is 9.68. The molecule has 2 saturated heterocycles. The first kappa shape index (κ1) is 15.2. The molecule has 6 heteroatoms. The maximum atomic E-state index is 12.7. The zero-order valence-corrected chi connectivity index (χ0v) is 14.6. The van der Waals surface area contributed by atoms with E-state index < -0.39 is 0 Å². The second kappa shape index (κ2) is 6.00. The van der Waals surface area contributed by atoms with Crippen LogP contribution in [0.1, 0.15) is 50.3 Å². The number of piperidine rings is 1. The summed E-state index contributed by atoms with van der Waals surface area (Å²) in [7, 11) is 0. The predicted octanol–water partition coefficient (Wildman–Crippen LogP) is 2.67. The van der Waals surface area contributed by atoms with E-state index in [1.54, 1.807) is 0 Å². The van der Waals surface area contributed by atoms with Gasteiger partial charge in [-0.2, -0.15) is 0 Å². The van der Waals surface area contributed by atoms with Crippen LogP contribution in [0.2, 0.25) is 0 Å². The van der Waals surface area contributed by atoms with E-state index in [9.17, 15) is 4.79 Å². The highest BCUT2D eigenvalue weighted by atomic mass is 16.2. The van der Waals surface area contributed by atoms with Gasteiger partial charge in [0.2, 0.25) is 5.91 Å². The monoisotopic (exact) mass is 339 g/mol. The molecule has 132 valence electrons. The summed E-state index contributed by atoms with van der Waals surface area (Å²) in [5.74, 6) is 3.11. The predicted molar refractivity (Wildman–Crippen MR) is 96.6 cm³/mol. The number of likely N-dealkylation sites (tertiary alicyclic amines) is 1. The Hall–Kier alpha value is -2.11. The van der Waals surface area contributed by atoms with Crippen LogP contribution >= 0.6 is 0 Å². The number of amides is 1. The third-order valence-electron chi connectivity index (χ3n) is 5.83. The molecule has 5 rings (SSSR count). The summed E-state index contributed by atoms with van der Waals surface area (Å²) < 4.78 is 0. The van der Waals surface area contributed by atoms with Gasteiger partial charge in [-0.05, 0) is 50.7 Å². The van der Waals surface area contributed by atoms with Crippen LogP contribution in [-0.2, 0) is 4.79 Å². The Balaban J connectivity index is 1.34. The Labute approximate surface area is 147 Å². The largest absolute Gasteiger partial charge is 0.356 e. The van der Waals surface area contributed by atoms with Crippen molar-refractivity contribution in [2.24, 2.45) is 5.92 Å². The number of pyridine rings is 1. The lowest BCUT2D eigenvalue weighted by Gasteiger charge is -2.34. The molecule has 1 atom stereocenters. The maximum absolute atomic E-state index is 12.7. The first-order chi connectivity index (χ1) is 12.3. The van der Waals surface area contributed by atoms with E-state index in [2.05, 4.69) is 31.9 Å². The molecule has 1 aliphatic carbocycles. The maximum Gasteiger partial charge on any atom is 0.227 e. The molecule has 2 aromatic heterocycles. The Morgan fingerprint density at radius 3 is 2.68 bits per heavy atom. The van der Waals surface area contributed by atoms with Gasteiger partial charge in [0.05, 0.1) is 11.4 Å². The number of aromatic amines is 1. The van der Waals surface area contributed by atoms with E-state index in [0.29, 0.717) is 11.8 Å². The molecule has 25 heavy (non-hydrogen) atoms. The highest BCUT2D eigenvalue weighted by molar-refractivity contribution is 5.80. The van der Waals surface area contributed by atoms with Crippen LogP contribution in [0.4, 0.5) is 5.82 Å². The van der Waals surface area contributed by atoms with Crippen molar-refractivity contribution in [2.45, 2.75) is 44.4 Å². The Morgan fingerprint density at radius 1 is 1.04 bits per heavy atom. The summed E-state index contributed by atoms with van der Waals surface area (Å²) in [5, 5.41) is 0.